The standard InChI is InChI=1S/C25H27N5O3/c1-18-6-8-20(9-7-18)23-10-11-24(28-27-23)29-12-14-30(15-13-29)25(32)17-33-22-5-3-4-21(16-22)26-19(2)31/h3-11,16H,12-15,17H2,1-2H3,(H,26,31). The number of ether oxygens (including phenoxy) is 1. The first kappa shape index (κ1) is 22.3. The average Bonchev–Trinajstić information content (AvgIpc) is 2.83. The first-order valence-corrected chi connectivity index (χ1v) is 10.9. The van der Waals surface area contributed by atoms with Gasteiger partial charge in [-0.1, -0.05) is 35.9 Å². The van der Waals surface area contributed by atoms with E-state index in [4.69, 9.17) is 4.74 Å². The van der Waals surface area contributed by atoms with Crippen molar-refractivity contribution >= 4 is 23.3 Å². The molecule has 1 aliphatic heterocycles. The summed E-state index contributed by atoms with van der Waals surface area (Å²) in [5, 5.41) is 11.5. The topological polar surface area (TPSA) is 87.7 Å². The van der Waals surface area contributed by atoms with Crippen molar-refractivity contribution < 1.29 is 14.3 Å². The maximum Gasteiger partial charge on any atom is 0.260 e. The molecule has 1 fully saturated rings. The van der Waals surface area contributed by atoms with Crippen LogP contribution in [0.2, 0.25) is 0 Å². The van der Waals surface area contributed by atoms with E-state index in [9.17, 15) is 9.59 Å². The highest BCUT2D eigenvalue weighted by Gasteiger charge is 2.22. The second-order valence-electron chi connectivity index (χ2n) is 8.01. The van der Waals surface area contributed by atoms with E-state index in [0.29, 0.717) is 37.6 Å². The normalized spacial score (nSPS) is 13.5. The molecule has 0 atom stereocenters. The largest absolute Gasteiger partial charge is 0.484 e. The lowest BCUT2D eigenvalue weighted by molar-refractivity contribution is -0.133. The quantitative estimate of drug-likeness (QED) is 0.627. The molecule has 170 valence electrons. The summed E-state index contributed by atoms with van der Waals surface area (Å²) in [6.07, 6.45) is 0. The van der Waals surface area contributed by atoms with Crippen LogP contribution in [0.15, 0.2) is 60.7 Å². The molecular weight excluding hydrogens is 418 g/mol. The fraction of sp³-hybridized carbons (Fsp3) is 0.280. The predicted octanol–water partition coefficient (Wildman–Crippen LogP) is 3.14. The van der Waals surface area contributed by atoms with E-state index in [2.05, 4.69) is 39.5 Å². The Bertz CT molecular complexity index is 1110. The molecule has 4 rings (SSSR count). The zero-order valence-electron chi connectivity index (χ0n) is 18.8. The minimum atomic E-state index is -0.157. The lowest BCUT2D eigenvalue weighted by atomic mass is 10.1. The molecule has 1 aromatic heterocycles. The minimum Gasteiger partial charge on any atom is -0.484 e. The third-order valence-corrected chi connectivity index (χ3v) is 5.47. The number of hydrogen-bond donors (Lipinski definition) is 1. The molecule has 0 spiro atoms. The molecule has 2 aromatic carbocycles. The summed E-state index contributed by atoms with van der Waals surface area (Å²) in [5.74, 6) is 1.12. The van der Waals surface area contributed by atoms with Crippen molar-refractivity contribution in [1.29, 1.82) is 0 Å². The van der Waals surface area contributed by atoms with Crippen LogP contribution < -0.4 is 15.0 Å². The van der Waals surface area contributed by atoms with Gasteiger partial charge in [0.1, 0.15) is 5.75 Å². The first-order chi connectivity index (χ1) is 16.0. The summed E-state index contributed by atoms with van der Waals surface area (Å²) in [6.45, 7) is 6.01. The predicted molar refractivity (Wildman–Crippen MR) is 127 cm³/mol. The lowest BCUT2D eigenvalue weighted by Gasteiger charge is -2.35. The number of piperazine rings is 1. The molecule has 1 aliphatic rings. The van der Waals surface area contributed by atoms with E-state index < -0.39 is 0 Å². The third-order valence-electron chi connectivity index (χ3n) is 5.47. The number of carbonyl (C=O) groups excluding carboxylic acids is 2. The zero-order valence-corrected chi connectivity index (χ0v) is 18.8. The monoisotopic (exact) mass is 445 g/mol. The van der Waals surface area contributed by atoms with Crippen molar-refractivity contribution in [3.05, 3.63) is 66.2 Å². The van der Waals surface area contributed by atoms with E-state index in [1.54, 1.807) is 29.2 Å². The molecule has 2 amide bonds. The number of rotatable bonds is 6. The van der Waals surface area contributed by atoms with Crippen molar-refractivity contribution in [3.63, 3.8) is 0 Å². The fourth-order valence-corrected chi connectivity index (χ4v) is 3.66. The highest BCUT2D eigenvalue weighted by molar-refractivity contribution is 5.88. The molecule has 0 bridgehead atoms. The molecular formula is C25H27N5O3. The van der Waals surface area contributed by atoms with Crippen LogP contribution in [0.5, 0.6) is 5.75 Å². The molecule has 0 radical (unpaired) electrons. The molecule has 33 heavy (non-hydrogen) atoms. The summed E-state index contributed by atoms with van der Waals surface area (Å²) in [4.78, 5) is 27.7. The Morgan fingerprint density at radius 3 is 2.39 bits per heavy atom. The number of carbonyl (C=O) groups is 2. The van der Waals surface area contributed by atoms with Crippen LogP contribution in [0.1, 0.15) is 12.5 Å². The van der Waals surface area contributed by atoms with Gasteiger partial charge in [0, 0.05) is 50.4 Å². The Morgan fingerprint density at radius 1 is 0.970 bits per heavy atom. The molecule has 1 saturated heterocycles. The van der Waals surface area contributed by atoms with Gasteiger partial charge in [-0.25, -0.2) is 0 Å². The first-order valence-electron chi connectivity index (χ1n) is 10.9. The van der Waals surface area contributed by atoms with Gasteiger partial charge in [-0.05, 0) is 31.2 Å². The van der Waals surface area contributed by atoms with Crippen LogP contribution >= 0.6 is 0 Å². The van der Waals surface area contributed by atoms with Gasteiger partial charge in [0.25, 0.3) is 5.91 Å². The van der Waals surface area contributed by atoms with E-state index in [-0.39, 0.29) is 18.4 Å². The average molecular weight is 446 g/mol. The van der Waals surface area contributed by atoms with Crippen molar-refractivity contribution in [3.8, 4) is 17.0 Å². The number of anilines is 2. The molecule has 8 nitrogen and oxygen atoms in total. The van der Waals surface area contributed by atoms with E-state index >= 15 is 0 Å². The number of hydrogen-bond acceptors (Lipinski definition) is 6. The molecule has 1 N–H and O–H groups in total. The second kappa shape index (κ2) is 10.1. The van der Waals surface area contributed by atoms with Crippen molar-refractivity contribution in [1.82, 2.24) is 15.1 Å². The molecule has 0 aliphatic carbocycles. The highest BCUT2D eigenvalue weighted by Crippen LogP contribution is 2.20. The van der Waals surface area contributed by atoms with Crippen LogP contribution in [0, 0.1) is 6.92 Å². The molecule has 0 unspecified atom stereocenters. The van der Waals surface area contributed by atoms with Crippen molar-refractivity contribution in [2.75, 3.05) is 43.0 Å². The maximum atomic E-state index is 12.6. The maximum absolute atomic E-state index is 12.6. The third kappa shape index (κ3) is 5.85. The number of amides is 2. The van der Waals surface area contributed by atoms with Gasteiger partial charge in [0.05, 0.1) is 5.69 Å². The molecule has 3 aromatic rings. The number of aryl methyl sites for hydroxylation is 1. The van der Waals surface area contributed by atoms with Crippen molar-refractivity contribution in [2.24, 2.45) is 0 Å². The SMILES string of the molecule is CC(=O)Nc1cccc(OCC(=O)N2CCN(c3ccc(-c4ccc(C)cc4)nn3)CC2)c1. The van der Waals surface area contributed by atoms with Gasteiger partial charge in [-0.3, -0.25) is 9.59 Å². The second-order valence-corrected chi connectivity index (χ2v) is 8.01. The van der Waals surface area contributed by atoms with Crippen LogP contribution in [-0.4, -0.2) is 59.7 Å². The number of benzene rings is 2. The van der Waals surface area contributed by atoms with E-state index in [0.717, 1.165) is 17.1 Å². The Kier molecular flexibility index (Phi) is 6.83. The minimum absolute atomic E-state index is 0.0470. The number of nitrogens with zero attached hydrogens (tertiary/aromatic N) is 4. The van der Waals surface area contributed by atoms with Gasteiger partial charge in [0.15, 0.2) is 12.4 Å². The van der Waals surface area contributed by atoms with Crippen LogP contribution in [0.3, 0.4) is 0 Å². The van der Waals surface area contributed by atoms with Crippen LogP contribution in [-0.2, 0) is 9.59 Å². The summed E-state index contributed by atoms with van der Waals surface area (Å²) in [7, 11) is 0. The molecule has 0 saturated carbocycles. The lowest BCUT2D eigenvalue weighted by Crippen LogP contribution is -2.50. The zero-order chi connectivity index (χ0) is 23.2. The summed E-state index contributed by atoms with van der Waals surface area (Å²) < 4.78 is 5.64. The summed E-state index contributed by atoms with van der Waals surface area (Å²) in [5.41, 5.74) is 3.72. The van der Waals surface area contributed by atoms with Crippen LogP contribution in [0.25, 0.3) is 11.3 Å². The number of nitrogens with one attached hydrogen (secondary N) is 1. The summed E-state index contributed by atoms with van der Waals surface area (Å²) in [6, 6.07) is 19.2. The smallest absolute Gasteiger partial charge is 0.260 e. The number of aromatic nitrogens is 2. The van der Waals surface area contributed by atoms with E-state index in [1.165, 1.54) is 12.5 Å². The van der Waals surface area contributed by atoms with Gasteiger partial charge in [0.2, 0.25) is 5.91 Å². The Morgan fingerprint density at radius 2 is 1.73 bits per heavy atom. The fourth-order valence-electron chi connectivity index (χ4n) is 3.66. The Hall–Kier alpha value is -3.94. The van der Waals surface area contributed by atoms with Crippen LogP contribution in [0.4, 0.5) is 11.5 Å². The molecule has 8 heteroatoms. The van der Waals surface area contributed by atoms with Gasteiger partial charge in [-0.2, -0.15) is 0 Å². The summed E-state index contributed by atoms with van der Waals surface area (Å²) >= 11 is 0. The Balaban J connectivity index is 1.27. The van der Waals surface area contributed by atoms with Gasteiger partial charge in [-0.15, -0.1) is 10.2 Å². The van der Waals surface area contributed by atoms with Crippen molar-refractivity contribution in [2.45, 2.75) is 13.8 Å². The Labute approximate surface area is 193 Å². The van der Waals surface area contributed by atoms with Gasteiger partial charge >= 0.3 is 0 Å². The highest BCUT2D eigenvalue weighted by atomic mass is 16.5. The molecule has 2 heterocycles. The van der Waals surface area contributed by atoms with Gasteiger partial charge < -0.3 is 19.9 Å². The van der Waals surface area contributed by atoms with E-state index in [1.807, 2.05) is 24.3 Å².